The van der Waals surface area contributed by atoms with Crippen molar-refractivity contribution in [1.82, 2.24) is 9.47 Å². The van der Waals surface area contributed by atoms with Crippen LogP contribution in [-0.4, -0.2) is 47.6 Å². The van der Waals surface area contributed by atoms with Crippen molar-refractivity contribution in [3.63, 3.8) is 0 Å². The highest BCUT2D eigenvalue weighted by atomic mass is 16.5. The van der Waals surface area contributed by atoms with Crippen molar-refractivity contribution in [3.8, 4) is 5.75 Å². The van der Waals surface area contributed by atoms with Crippen LogP contribution in [0, 0.1) is 10.8 Å². The Bertz CT molecular complexity index is 935. The molecule has 0 amide bonds. The summed E-state index contributed by atoms with van der Waals surface area (Å²) in [5.74, 6) is 1.03. The van der Waals surface area contributed by atoms with Crippen LogP contribution in [0.4, 0.5) is 0 Å². The molecule has 0 saturated carbocycles. The van der Waals surface area contributed by atoms with Crippen LogP contribution >= 0.6 is 0 Å². The number of nitrogens with zero attached hydrogens (tertiary/aromatic N) is 2. The predicted molar refractivity (Wildman–Crippen MR) is 111 cm³/mol. The third-order valence-electron chi connectivity index (χ3n) is 5.93. The Balaban J connectivity index is 1.55. The molecule has 1 saturated heterocycles. The van der Waals surface area contributed by atoms with E-state index in [0.717, 1.165) is 37.1 Å². The van der Waals surface area contributed by atoms with Gasteiger partial charge in [-0.25, -0.2) is 0 Å². The number of pyridine rings is 1. The molecule has 7 nitrogen and oxygen atoms in total. The number of fused-ring (bicyclic) bond motifs is 1. The number of hydrogen-bond donors (Lipinski definition) is 3. The Kier molecular flexibility index (Phi) is 5.80. The molecule has 7 heteroatoms. The average molecular weight is 396 g/mol. The van der Waals surface area contributed by atoms with Crippen molar-refractivity contribution in [2.45, 2.75) is 38.0 Å². The highest BCUT2D eigenvalue weighted by Gasteiger charge is 2.27. The molecule has 29 heavy (non-hydrogen) atoms. The lowest BCUT2D eigenvalue weighted by atomic mass is 9.86. The van der Waals surface area contributed by atoms with Gasteiger partial charge in [-0.1, -0.05) is 24.3 Å². The van der Waals surface area contributed by atoms with Crippen LogP contribution in [0.15, 0.2) is 42.6 Å². The minimum absolute atomic E-state index is 0.0501. The molecule has 2 aliphatic rings. The summed E-state index contributed by atoms with van der Waals surface area (Å²) in [6, 6.07) is 11.6. The van der Waals surface area contributed by atoms with Crippen LogP contribution in [0.5, 0.6) is 5.75 Å². The molecule has 4 rings (SSSR count). The number of benzene rings is 1. The number of morpholine rings is 1. The smallest absolute Gasteiger partial charge is 0.137 e. The van der Waals surface area contributed by atoms with Gasteiger partial charge in [0.2, 0.25) is 0 Å². The normalized spacial score (nSPS) is 23.2. The molecule has 4 N–H and O–H groups in total. The molecule has 3 atom stereocenters. The van der Waals surface area contributed by atoms with Crippen molar-refractivity contribution in [2.75, 3.05) is 26.3 Å². The van der Waals surface area contributed by atoms with Gasteiger partial charge in [-0.05, 0) is 43.0 Å². The second kappa shape index (κ2) is 8.49. The molecule has 1 aromatic heterocycles. The zero-order valence-corrected chi connectivity index (χ0v) is 16.8. The lowest BCUT2D eigenvalue weighted by Crippen LogP contribution is -2.48. The van der Waals surface area contributed by atoms with Crippen LogP contribution in [0.1, 0.15) is 43.0 Å². The van der Waals surface area contributed by atoms with Crippen LogP contribution in [-0.2, 0) is 4.74 Å². The maximum atomic E-state index is 8.66. The maximum absolute atomic E-state index is 8.66. The summed E-state index contributed by atoms with van der Waals surface area (Å²) in [5, 5.41) is 16.9. The standard InChI is InChI=1S/C22H29N5O2/c1-15(26-10-12-28-13-11-26)22(25)27-14-16(6-9-21(27)24)29-20-8-7-19(23)17-4-2-3-5-18(17)20/h2-6,9,14-15,19-20,24-25H,7-8,10-13,23H2,1H3/t15-,19-,20+/m0/s1. The van der Waals surface area contributed by atoms with Gasteiger partial charge in [-0.3, -0.25) is 20.3 Å². The highest BCUT2D eigenvalue weighted by molar-refractivity contribution is 5.86. The van der Waals surface area contributed by atoms with E-state index in [1.54, 1.807) is 16.8 Å². The number of hydrogen-bond acceptors (Lipinski definition) is 6. The minimum Gasteiger partial charge on any atom is -0.484 e. The molecule has 0 unspecified atom stereocenters. The van der Waals surface area contributed by atoms with Crippen molar-refractivity contribution >= 4 is 5.84 Å². The summed E-state index contributed by atoms with van der Waals surface area (Å²) < 4.78 is 13.3. The van der Waals surface area contributed by atoms with Gasteiger partial charge in [-0.2, -0.15) is 0 Å². The summed E-state index contributed by atoms with van der Waals surface area (Å²) in [6.45, 7) is 4.97. The fraction of sp³-hybridized carbons (Fsp3) is 0.455. The molecular weight excluding hydrogens is 366 g/mol. The first-order valence-electron chi connectivity index (χ1n) is 10.2. The Morgan fingerprint density at radius 2 is 1.86 bits per heavy atom. The molecular formula is C22H29N5O2. The van der Waals surface area contributed by atoms with Gasteiger partial charge in [0.25, 0.3) is 0 Å². The molecule has 0 spiro atoms. The quantitative estimate of drug-likeness (QED) is 0.547. The van der Waals surface area contributed by atoms with Gasteiger partial charge in [0.05, 0.1) is 25.5 Å². The Labute approximate surface area is 171 Å². The third kappa shape index (κ3) is 4.12. The van der Waals surface area contributed by atoms with Gasteiger partial charge in [0, 0.05) is 19.1 Å². The molecule has 1 fully saturated rings. The fourth-order valence-corrected chi connectivity index (χ4v) is 4.16. The van der Waals surface area contributed by atoms with Gasteiger partial charge >= 0.3 is 0 Å². The molecule has 2 aromatic rings. The van der Waals surface area contributed by atoms with Gasteiger partial charge in [-0.15, -0.1) is 0 Å². The van der Waals surface area contributed by atoms with Gasteiger partial charge in [0.15, 0.2) is 0 Å². The number of nitrogens with one attached hydrogen (secondary N) is 2. The topological polar surface area (TPSA) is 100 Å². The molecule has 2 heterocycles. The lowest BCUT2D eigenvalue weighted by Gasteiger charge is -2.33. The average Bonchev–Trinajstić information content (AvgIpc) is 2.77. The summed E-state index contributed by atoms with van der Waals surface area (Å²) in [4.78, 5) is 2.21. The second-order valence-corrected chi connectivity index (χ2v) is 7.75. The van der Waals surface area contributed by atoms with E-state index >= 15 is 0 Å². The third-order valence-corrected chi connectivity index (χ3v) is 5.93. The first-order chi connectivity index (χ1) is 14.0. The zero-order chi connectivity index (χ0) is 20.4. The van der Waals surface area contributed by atoms with Gasteiger partial charge < -0.3 is 15.2 Å². The van der Waals surface area contributed by atoms with E-state index in [4.69, 9.17) is 26.0 Å². The van der Waals surface area contributed by atoms with Crippen LogP contribution < -0.4 is 16.0 Å². The number of nitrogens with two attached hydrogens (primary N) is 1. The van der Waals surface area contributed by atoms with E-state index in [-0.39, 0.29) is 23.7 Å². The van der Waals surface area contributed by atoms with Gasteiger partial charge in [0.1, 0.15) is 23.2 Å². The second-order valence-electron chi connectivity index (χ2n) is 7.75. The molecule has 1 aliphatic carbocycles. The van der Waals surface area contributed by atoms with Crippen LogP contribution in [0.2, 0.25) is 0 Å². The minimum atomic E-state index is -0.100. The largest absolute Gasteiger partial charge is 0.484 e. The van der Waals surface area contributed by atoms with E-state index < -0.39 is 0 Å². The summed E-state index contributed by atoms with van der Waals surface area (Å²) in [5.41, 5.74) is 8.81. The Hall–Kier alpha value is -2.48. The van der Waals surface area contributed by atoms with E-state index in [0.29, 0.717) is 24.8 Å². The fourth-order valence-electron chi connectivity index (χ4n) is 4.16. The maximum Gasteiger partial charge on any atom is 0.137 e. The summed E-state index contributed by atoms with van der Waals surface area (Å²) in [7, 11) is 0. The number of ether oxygens (including phenoxy) is 2. The van der Waals surface area contributed by atoms with Crippen molar-refractivity contribution < 1.29 is 9.47 Å². The Morgan fingerprint density at radius 3 is 2.62 bits per heavy atom. The van der Waals surface area contributed by atoms with E-state index in [2.05, 4.69) is 17.0 Å². The SMILES string of the molecule is C[C@@H](C(=N)n1cc(O[C@@H]2CC[C@H](N)c3ccccc32)ccc1=N)N1CCOCC1. The van der Waals surface area contributed by atoms with Crippen molar-refractivity contribution in [2.24, 2.45) is 5.73 Å². The number of aromatic nitrogens is 1. The lowest BCUT2D eigenvalue weighted by molar-refractivity contribution is 0.0311. The predicted octanol–water partition coefficient (Wildman–Crippen LogP) is 2.43. The Morgan fingerprint density at radius 1 is 1.14 bits per heavy atom. The summed E-state index contributed by atoms with van der Waals surface area (Å²) >= 11 is 0. The molecule has 0 bridgehead atoms. The molecule has 154 valence electrons. The molecule has 1 aliphatic heterocycles. The van der Waals surface area contributed by atoms with Crippen molar-refractivity contribution in [3.05, 3.63) is 59.2 Å². The van der Waals surface area contributed by atoms with E-state index in [1.807, 2.05) is 25.1 Å². The summed E-state index contributed by atoms with van der Waals surface area (Å²) in [6.07, 6.45) is 3.42. The van der Waals surface area contributed by atoms with E-state index in [9.17, 15) is 0 Å². The first kappa shape index (κ1) is 19.8. The molecule has 0 radical (unpaired) electrons. The first-order valence-corrected chi connectivity index (χ1v) is 10.2. The monoisotopic (exact) mass is 395 g/mol. The van der Waals surface area contributed by atoms with E-state index in [1.165, 1.54) is 0 Å². The molecule has 1 aromatic carbocycles. The zero-order valence-electron chi connectivity index (χ0n) is 16.8. The van der Waals surface area contributed by atoms with Crippen molar-refractivity contribution in [1.29, 1.82) is 10.8 Å². The van der Waals surface area contributed by atoms with Crippen LogP contribution in [0.3, 0.4) is 0 Å². The van der Waals surface area contributed by atoms with Crippen LogP contribution in [0.25, 0.3) is 0 Å². The highest BCUT2D eigenvalue weighted by Crippen LogP contribution is 2.37. The number of rotatable bonds is 4.